The second-order valence-corrected chi connectivity index (χ2v) is 7.96. The predicted octanol–water partition coefficient (Wildman–Crippen LogP) is -0.120. The van der Waals surface area contributed by atoms with Gasteiger partial charge in [0.05, 0.1) is 17.0 Å². The van der Waals surface area contributed by atoms with E-state index in [4.69, 9.17) is 4.74 Å². The summed E-state index contributed by atoms with van der Waals surface area (Å²) in [6.07, 6.45) is 2.62. The lowest BCUT2D eigenvalue weighted by molar-refractivity contribution is -0.127. The van der Waals surface area contributed by atoms with Crippen molar-refractivity contribution >= 4 is 27.8 Å². The number of hydrogen-bond acceptors (Lipinski definition) is 6. The van der Waals surface area contributed by atoms with Crippen LogP contribution in [0.1, 0.15) is 29.6 Å². The van der Waals surface area contributed by atoms with E-state index in [1.54, 1.807) is 0 Å². The van der Waals surface area contributed by atoms with Crippen LogP contribution in [-0.2, 0) is 24.3 Å². The molecule has 2 rings (SSSR count). The molecular formula is C17H23N3O6S. The number of nitrogens with one attached hydrogen (secondary N) is 2. The van der Waals surface area contributed by atoms with Gasteiger partial charge in [-0.1, -0.05) is 12.5 Å². The number of benzene rings is 1. The zero-order valence-corrected chi connectivity index (χ0v) is 15.9. The quantitative estimate of drug-likeness (QED) is 0.619. The summed E-state index contributed by atoms with van der Waals surface area (Å²) in [5.74, 6) is -1.84. The Balaban J connectivity index is 1.98. The van der Waals surface area contributed by atoms with Gasteiger partial charge >= 0.3 is 5.97 Å². The first kappa shape index (κ1) is 20.8. The Labute approximate surface area is 158 Å². The van der Waals surface area contributed by atoms with E-state index in [9.17, 15) is 22.8 Å². The molecule has 1 aromatic rings. The van der Waals surface area contributed by atoms with Gasteiger partial charge in [-0.3, -0.25) is 9.59 Å². The molecule has 0 bridgehead atoms. The lowest BCUT2D eigenvalue weighted by atomic mass is 10.2. The second kappa shape index (κ2) is 9.47. The Bertz CT molecular complexity index is 803. The van der Waals surface area contributed by atoms with Crippen LogP contribution in [0.5, 0.6) is 0 Å². The molecule has 0 aliphatic carbocycles. The molecule has 0 atom stereocenters. The molecule has 1 aliphatic rings. The van der Waals surface area contributed by atoms with Crippen LogP contribution in [-0.4, -0.2) is 63.8 Å². The number of carbonyl (C=O) groups is 3. The molecule has 0 spiro atoms. The molecular weight excluding hydrogens is 374 g/mol. The number of ether oxygens (including phenoxy) is 1. The Hall–Kier alpha value is -2.46. The third kappa shape index (κ3) is 5.76. The fourth-order valence-corrected chi connectivity index (χ4v) is 4.13. The van der Waals surface area contributed by atoms with Crippen LogP contribution in [0, 0.1) is 0 Å². The molecule has 27 heavy (non-hydrogen) atoms. The minimum atomic E-state index is -3.67. The van der Waals surface area contributed by atoms with Crippen molar-refractivity contribution in [3.05, 3.63) is 29.8 Å². The van der Waals surface area contributed by atoms with E-state index < -0.39 is 28.5 Å². The van der Waals surface area contributed by atoms with Crippen LogP contribution < -0.4 is 10.6 Å². The summed E-state index contributed by atoms with van der Waals surface area (Å²) in [6.45, 7) is 0.125. The van der Waals surface area contributed by atoms with Crippen molar-refractivity contribution in [1.29, 1.82) is 0 Å². The zero-order valence-electron chi connectivity index (χ0n) is 15.1. The van der Waals surface area contributed by atoms with Crippen LogP contribution in [0.2, 0.25) is 0 Å². The first-order valence-corrected chi connectivity index (χ1v) is 10.0. The molecule has 2 amide bonds. The molecule has 10 heteroatoms. The van der Waals surface area contributed by atoms with Crippen molar-refractivity contribution in [2.75, 3.05) is 33.3 Å². The fraction of sp³-hybridized carbons (Fsp3) is 0.471. The van der Waals surface area contributed by atoms with E-state index >= 15 is 0 Å². The van der Waals surface area contributed by atoms with E-state index in [0.29, 0.717) is 13.1 Å². The van der Waals surface area contributed by atoms with Gasteiger partial charge in [-0.25, -0.2) is 13.2 Å². The molecule has 0 radical (unpaired) electrons. The van der Waals surface area contributed by atoms with E-state index in [1.807, 2.05) is 0 Å². The number of amides is 2. The molecule has 148 valence electrons. The Morgan fingerprint density at radius 1 is 1.11 bits per heavy atom. The molecule has 1 aromatic carbocycles. The molecule has 9 nitrogen and oxygen atoms in total. The van der Waals surface area contributed by atoms with Gasteiger partial charge in [0.2, 0.25) is 15.9 Å². The summed E-state index contributed by atoms with van der Waals surface area (Å²) in [7, 11) is -2.24. The van der Waals surface area contributed by atoms with Crippen molar-refractivity contribution in [3.8, 4) is 0 Å². The van der Waals surface area contributed by atoms with Crippen LogP contribution in [0.4, 0.5) is 0 Å². The largest absolute Gasteiger partial charge is 0.452 e. The summed E-state index contributed by atoms with van der Waals surface area (Å²) in [6, 6.07) is 5.55. The summed E-state index contributed by atoms with van der Waals surface area (Å²) < 4.78 is 31.6. The fourth-order valence-electron chi connectivity index (χ4n) is 2.57. The van der Waals surface area contributed by atoms with Gasteiger partial charge < -0.3 is 15.4 Å². The molecule has 1 fully saturated rings. The monoisotopic (exact) mass is 397 g/mol. The Morgan fingerprint density at radius 2 is 1.81 bits per heavy atom. The summed E-state index contributed by atoms with van der Waals surface area (Å²) >= 11 is 0. The van der Waals surface area contributed by atoms with Crippen molar-refractivity contribution in [3.63, 3.8) is 0 Å². The van der Waals surface area contributed by atoms with Crippen LogP contribution in [0.3, 0.4) is 0 Å². The number of likely N-dealkylation sites (N-methyl/N-ethyl adjacent to an activating group) is 1. The SMILES string of the molecule is CNC(=O)CNC(=O)COC(=O)c1cccc(S(=O)(=O)N2CCCCC2)c1. The van der Waals surface area contributed by atoms with Gasteiger partial charge in [0.25, 0.3) is 5.91 Å². The number of esters is 1. The molecule has 0 unspecified atom stereocenters. The molecule has 0 aromatic heterocycles. The maximum Gasteiger partial charge on any atom is 0.338 e. The third-order valence-corrected chi connectivity index (χ3v) is 5.98. The van der Waals surface area contributed by atoms with Crippen LogP contribution >= 0.6 is 0 Å². The number of nitrogens with zero attached hydrogens (tertiary/aromatic N) is 1. The topological polar surface area (TPSA) is 122 Å². The number of piperidine rings is 1. The van der Waals surface area contributed by atoms with E-state index in [2.05, 4.69) is 10.6 Å². The normalized spacial score (nSPS) is 15.0. The smallest absolute Gasteiger partial charge is 0.338 e. The predicted molar refractivity (Wildman–Crippen MR) is 96.4 cm³/mol. The number of rotatable bonds is 7. The van der Waals surface area contributed by atoms with E-state index in [1.165, 1.54) is 35.6 Å². The molecule has 1 heterocycles. The maximum absolute atomic E-state index is 12.7. The zero-order chi connectivity index (χ0) is 19.9. The molecule has 1 saturated heterocycles. The summed E-state index contributed by atoms with van der Waals surface area (Å²) in [4.78, 5) is 34.7. The van der Waals surface area contributed by atoms with E-state index in [-0.39, 0.29) is 22.9 Å². The standard InChI is InChI=1S/C17H23N3O6S/c1-18-15(21)11-19-16(22)12-26-17(23)13-6-5-7-14(10-13)27(24,25)20-8-3-2-4-9-20/h5-7,10H,2-4,8-9,11-12H2,1H3,(H,18,21)(H,19,22). The number of sulfonamides is 1. The highest BCUT2D eigenvalue weighted by molar-refractivity contribution is 7.89. The highest BCUT2D eigenvalue weighted by atomic mass is 32.2. The minimum Gasteiger partial charge on any atom is -0.452 e. The van der Waals surface area contributed by atoms with Gasteiger partial charge in [-0.05, 0) is 31.0 Å². The van der Waals surface area contributed by atoms with E-state index in [0.717, 1.165) is 19.3 Å². The van der Waals surface area contributed by atoms with Gasteiger partial charge in [-0.15, -0.1) is 0 Å². The first-order valence-electron chi connectivity index (χ1n) is 8.59. The second-order valence-electron chi connectivity index (χ2n) is 6.02. The van der Waals surface area contributed by atoms with Crippen molar-refractivity contribution in [2.45, 2.75) is 24.2 Å². The van der Waals surface area contributed by atoms with Crippen LogP contribution in [0.25, 0.3) is 0 Å². The average Bonchev–Trinajstić information content (AvgIpc) is 2.70. The van der Waals surface area contributed by atoms with Gasteiger partial charge in [0.15, 0.2) is 6.61 Å². The number of hydrogen-bond donors (Lipinski definition) is 2. The molecule has 2 N–H and O–H groups in total. The van der Waals surface area contributed by atoms with Crippen LogP contribution in [0.15, 0.2) is 29.2 Å². The van der Waals surface area contributed by atoms with Crippen molar-refractivity contribution < 1.29 is 27.5 Å². The van der Waals surface area contributed by atoms with Crippen molar-refractivity contribution in [1.82, 2.24) is 14.9 Å². The third-order valence-electron chi connectivity index (χ3n) is 4.08. The minimum absolute atomic E-state index is 0.0166. The maximum atomic E-state index is 12.7. The summed E-state index contributed by atoms with van der Waals surface area (Å²) in [5, 5.41) is 4.62. The lowest BCUT2D eigenvalue weighted by Crippen LogP contribution is -2.37. The van der Waals surface area contributed by atoms with Gasteiger partial charge in [-0.2, -0.15) is 4.31 Å². The highest BCUT2D eigenvalue weighted by Gasteiger charge is 2.26. The average molecular weight is 397 g/mol. The highest BCUT2D eigenvalue weighted by Crippen LogP contribution is 2.21. The first-order chi connectivity index (χ1) is 12.8. The Kier molecular flexibility index (Phi) is 7.31. The number of carbonyl (C=O) groups excluding carboxylic acids is 3. The molecule has 1 aliphatic heterocycles. The Morgan fingerprint density at radius 3 is 2.48 bits per heavy atom. The van der Waals surface area contributed by atoms with Crippen molar-refractivity contribution in [2.24, 2.45) is 0 Å². The van der Waals surface area contributed by atoms with Gasteiger partial charge in [0, 0.05) is 20.1 Å². The lowest BCUT2D eigenvalue weighted by Gasteiger charge is -2.25. The molecule has 0 saturated carbocycles. The van der Waals surface area contributed by atoms with Gasteiger partial charge in [0.1, 0.15) is 0 Å². The summed E-state index contributed by atoms with van der Waals surface area (Å²) in [5.41, 5.74) is 0.0344.